The van der Waals surface area contributed by atoms with Gasteiger partial charge in [-0.2, -0.15) is 0 Å². The summed E-state index contributed by atoms with van der Waals surface area (Å²) < 4.78 is 0. The Morgan fingerprint density at radius 2 is 1.50 bits per heavy atom. The molecule has 0 amide bonds. The number of hydrogen-bond donors (Lipinski definition) is 1. The summed E-state index contributed by atoms with van der Waals surface area (Å²) in [6.07, 6.45) is 17.6. The highest BCUT2D eigenvalue weighted by Crippen LogP contribution is 2.28. The van der Waals surface area contributed by atoms with Crippen LogP contribution in [0.5, 0.6) is 0 Å². The molecule has 0 saturated heterocycles. The van der Waals surface area contributed by atoms with Crippen LogP contribution < -0.4 is 5.32 Å². The molecule has 2 unspecified atom stereocenters. The minimum atomic E-state index is 0.841. The zero-order valence-electron chi connectivity index (χ0n) is 12.4. The summed E-state index contributed by atoms with van der Waals surface area (Å²) in [6.45, 7) is 3.62. The van der Waals surface area contributed by atoms with Crippen molar-refractivity contribution in [2.75, 3.05) is 6.54 Å². The fourth-order valence-electron chi connectivity index (χ4n) is 4.07. The summed E-state index contributed by atoms with van der Waals surface area (Å²) in [7, 11) is 0. The van der Waals surface area contributed by atoms with Crippen LogP contribution >= 0.6 is 0 Å². The molecule has 0 radical (unpaired) electrons. The minimum Gasteiger partial charge on any atom is -0.314 e. The van der Waals surface area contributed by atoms with Crippen molar-refractivity contribution in [3.05, 3.63) is 0 Å². The molecule has 2 fully saturated rings. The van der Waals surface area contributed by atoms with Crippen molar-refractivity contribution < 1.29 is 0 Å². The third-order valence-electron chi connectivity index (χ3n) is 5.25. The maximum absolute atomic E-state index is 3.85. The van der Waals surface area contributed by atoms with Crippen LogP contribution in [-0.2, 0) is 0 Å². The molecule has 2 aliphatic rings. The molecule has 0 aromatic heterocycles. The second kappa shape index (κ2) is 8.19. The fourth-order valence-corrected chi connectivity index (χ4v) is 4.07. The molecule has 2 aliphatic carbocycles. The Morgan fingerprint density at radius 1 is 0.778 bits per heavy atom. The molecule has 1 nitrogen and oxygen atoms in total. The van der Waals surface area contributed by atoms with Crippen LogP contribution in [0.1, 0.15) is 84.0 Å². The Kier molecular flexibility index (Phi) is 6.54. The van der Waals surface area contributed by atoms with E-state index in [1.165, 1.54) is 83.6 Å². The highest BCUT2D eigenvalue weighted by Gasteiger charge is 2.19. The van der Waals surface area contributed by atoms with E-state index in [0.29, 0.717) is 0 Å². The SMILES string of the molecule is CCCC1CCCC(NCCC2CCCC2)CC1. The van der Waals surface area contributed by atoms with E-state index in [1.54, 1.807) is 0 Å². The fraction of sp³-hybridized carbons (Fsp3) is 1.00. The number of nitrogens with one attached hydrogen (secondary N) is 1. The van der Waals surface area contributed by atoms with Crippen LogP contribution in [-0.4, -0.2) is 12.6 Å². The molecule has 1 heteroatoms. The summed E-state index contributed by atoms with van der Waals surface area (Å²) in [4.78, 5) is 0. The van der Waals surface area contributed by atoms with Gasteiger partial charge in [0.25, 0.3) is 0 Å². The highest BCUT2D eigenvalue weighted by molar-refractivity contribution is 4.76. The van der Waals surface area contributed by atoms with Crippen molar-refractivity contribution in [2.45, 2.75) is 90.0 Å². The standard InChI is InChI=1S/C17H33N/c1-2-6-15-9-5-10-17(12-11-15)18-14-13-16-7-3-4-8-16/h15-18H,2-14H2,1H3. The van der Waals surface area contributed by atoms with E-state index >= 15 is 0 Å². The summed E-state index contributed by atoms with van der Waals surface area (Å²) in [5, 5.41) is 3.85. The lowest BCUT2D eigenvalue weighted by Crippen LogP contribution is -2.30. The van der Waals surface area contributed by atoms with Gasteiger partial charge in [-0.1, -0.05) is 58.3 Å². The monoisotopic (exact) mass is 251 g/mol. The molecule has 2 saturated carbocycles. The van der Waals surface area contributed by atoms with Crippen LogP contribution in [0.25, 0.3) is 0 Å². The Labute approximate surface area is 114 Å². The average Bonchev–Trinajstić information content (AvgIpc) is 2.78. The van der Waals surface area contributed by atoms with Gasteiger partial charge in [0.15, 0.2) is 0 Å². The molecule has 0 aromatic rings. The first-order valence-electron chi connectivity index (χ1n) is 8.62. The Hall–Kier alpha value is -0.0400. The van der Waals surface area contributed by atoms with Crippen molar-refractivity contribution in [2.24, 2.45) is 11.8 Å². The van der Waals surface area contributed by atoms with E-state index in [9.17, 15) is 0 Å². The second-order valence-electron chi connectivity index (χ2n) is 6.75. The minimum absolute atomic E-state index is 0.841. The Balaban J connectivity index is 1.58. The van der Waals surface area contributed by atoms with Gasteiger partial charge < -0.3 is 5.32 Å². The quantitative estimate of drug-likeness (QED) is 0.662. The van der Waals surface area contributed by atoms with E-state index < -0.39 is 0 Å². The topological polar surface area (TPSA) is 12.0 Å². The number of hydrogen-bond acceptors (Lipinski definition) is 1. The van der Waals surface area contributed by atoms with Gasteiger partial charge in [0.05, 0.1) is 0 Å². The van der Waals surface area contributed by atoms with E-state index in [4.69, 9.17) is 0 Å². The summed E-state index contributed by atoms with van der Waals surface area (Å²) in [5.74, 6) is 2.09. The molecule has 0 bridgehead atoms. The average molecular weight is 251 g/mol. The number of rotatable bonds is 6. The van der Waals surface area contributed by atoms with Gasteiger partial charge in [0.1, 0.15) is 0 Å². The Morgan fingerprint density at radius 3 is 2.28 bits per heavy atom. The van der Waals surface area contributed by atoms with Gasteiger partial charge in [-0.15, -0.1) is 0 Å². The van der Waals surface area contributed by atoms with Crippen molar-refractivity contribution >= 4 is 0 Å². The van der Waals surface area contributed by atoms with Gasteiger partial charge in [0, 0.05) is 6.04 Å². The smallest absolute Gasteiger partial charge is 0.00671 e. The van der Waals surface area contributed by atoms with Gasteiger partial charge >= 0.3 is 0 Å². The summed E-state index contributed by atoms with van der Waals surface area (Å²) in [5.41, 5.74) is 0. The van der Waals surface area contributed by atoms with Crippen LogP contribution in [0.2, 0.25) is 0 Å². The lowest BCUT2D eigenvalue weighted by molar-refractivity contribution is 0.396. The predicted molar refractivity (Wildman–Crippen MR) is 79.8 cm³/mol. The van der Waals surface area contributed by atoms with Gasteiger partial charge in [-0.05, 0) is 44.1 Å². The normalized spacial score (nSPS) is 30.5. The van der Waals surface area contributed by atoms with E-state index in [2.05, 4.69) is 12.2 Å². The Bertz CT molecular complexity index is 208. The second-order valence-corrected chi connectivity index (χ2v) is 6.75. The van der Waals surface area contributed by atoms with Gasteiger partial charge in [0.2, 0.25) is 0 Å². The molecule has 1 N–H and O–H groups in total. The van der Waals surface area contributed by atoms with E-state index in [0.717, 1.165) is 17.9 Å². The first kappa shape index (κ1) is 14.4. The van der Waals surface area contributed by atoms with E-state index in [-0.39, 0.29) is 0 Å². The molecule has 2 rings (SSSR count). The third-order valence-corrected chi connectivity index (χ3v) is 5.25. The van der Waals surface area contributed by atoms with Crippen LogP contribution in [0.3, 0.4) is 0 Å². The molecule has 0 aliphatic heterocycles. The van der Waals surface area contributed by atoms with Gasteiger partial charge in [-0.3, -0.25) is 0 Å². The zero-order valence-corrected chi connectivity index (χ0v) is 12.4. The molecule has 2 atom stereocenters. The third kappa shape index (κ3) is 4.91. The lowest BCUT2D eigenvalue weighted by Gasteiger charge is -2.18. The molecular weight excluding hydrogens is 218 g/mol. The van der Waals surface area contributed by atoms with Gasteiger partial charge in [-0.25, -0.2) is 0 Å². The van der Waals surface area contributed by atoms with Crippen LogP contribution in [0.15, 0.2) is 0 Å². The molecule has 106 valence electrons. The van der Waals surface area contributed by atoms with E-state index in [1.807, 2.05) is 0 Å². The van der Waals surface area contributed by atoms with Crippen molar-refractivity contribution in [1.29, 1.82) is 0 Å². The molecule has 0 spiro atoms. The largest absolute Gasteiger partial charge is 0.314 e. The van der Waals surface area contributed by atoms with Crippen LogP contribution in [0.4, 0.5) is 0 Å². The van der Waals surface area contributed by atoms with Crippen molar-refractivity contribution in [3.63, 3.8) is 0 Å². The van der Waals surface area contributed by atoms with Crippen LogP contribution in [0, 0.1) is 11.8 Å². The molecular formula is C17H33N. The summed E-state index contributed by atoms with van der Waals surface area (Å²) >= 11 is 0. The first-order valence-corrected chi connectivity index (χ1v) is 8.62. The first-order chi connectivity index (χ1) is 8.88. The molecule has 0 aromatic carbocycles. The zero-order chi connectivity index (χ0) is 12.6. The molecule has 0 heterocycles. The van der Waals surface area contributed by atoms with Crippen molar-refractivity contribution in [1.82, 2.24) is 5.32 Å². The maximum atomic E-state index is 3.85. The predicted octanol–water partition coefficient (Wildman–Crippen LogP) is 4.91. The lowest BCUT2D eigenvalue weighted by atomic mass is 9.95. The maximum Gasteiger partial charge on any atom is 0.00671 e. The molecule has 18 heavy (non-hydrogen) atoms. The highest BCUT2D eigenvalue weighted by atomic mass is 14.9. The van der Waals surface area contributed by atoms with Crippen molar-refractivity contribution in [3.8, 4) is 0 Å². The summed E-state index contributed by atoms with van der Waals surface area (Å²) in [6, 6.07) is 0.841.